The summed E-state index contributed by atoms with van der Waals surface area (Å²) in [5.41, 5.74) is 2.01. The predicted octanol–water partition coefficient (Wildman–Crippen LogP) is 4.97. The molecule has 8 nitrogen and oxygen atoms in total. The van der Waals surface area contributed by atoms with E-state index in [1.165, 1.54) is 29.3 Å². The van der Waals surface area contributed by atoms with Crippen LogP contribution in [0.15, 0.2) is 59.9 Å². The lowest BCUT2D eigenvalue weighted by molar-refractivity contribution is 0.0690. The van der Waals surface area contributed by atoms with E-state index >= 15 is 8.78 Å². The van der Waals surface area contributed by atoms with Crippen molar-refractivity contribution >= 4 is 22.8 Å². The van der Waals surface area contributed by atoms with Crippen LogP contribution in [0.5, 0.6) is 11.5 Å². The Hall–Kier alpha value is -4.31. The van der Waals surface area contributed by atoms with Crippen molar-refractivity contribution in [2.75, 3.05) is 33.9 Å². The summed E-state index contributed by atoms with van der Waals surface area (Å²) in [5, 5.41) is 9.94. The fourth-order valence-corrected chi connectivity index (χ4v) is 4.40. The first-order chi connectivity index (χ1) is 18.7. The first-order valence-electron chi connectivity index (χ1n) is 12.4. The van der Waals surface area contributed by atoms with Crippen molar-refractivity contribution in [3.05, 3.63) is 77.6 Å². The van der Waals surface area contributed by atoms with Crippen LogP contribution in [0.1, 0.15) is 22.8 Å². The second-order valence-electron chi connectivity index (χ2n) is 10.1. The number of nitrogens with one attached hydrogen (secondary N) is 1. The van der Waals surface area contributed by atoms with E-state index < -0.39 is 22.8 Å². The smallest absolute Gasteiger partial charge is 0.253 e. The van der Waals surface area contributed by atoms with E-state index in [1.54, 1.807) is 44.6 Å². The lowest BCUT2D eigenvalue weighted by Crippen LogP contribution is -2.36. The highest BCUT2D eigenvalue weighted by Gasteiger charge is 2.29. The molecule has 0 radical (unpaired) electrons. The Morgan fingerprint density at radius 1 is 1.18 bits per heavy atom. The number of halogens is 2. The van der Waals surface area contributed by atoms with Crippen LogP contribution in [-0.4, -0.2) is 65.6 Å². The average Bonchev–Trinajstić information content (AvgIpc) is 3.36. The highest BCUT2D eigenvalue weighted by molar-refractivity contribution is 6.06. The van der Waals surface area contributed by atoms with E-state index in [4.69, 9.17) is 9.47 Å². The SMILES string of the molecule is CN(C)C(=O)c1ccccc1-c1c[nH]c2nccc(Oc3c(F)cc(CC4=NCC(C)(CO)CO4)cc3F)c12. The number of aliphatic hydroxyl groups excluding tert-OH is 1. The molecule has 0 fully saturated rings. The van der Waals surface area contributed by atoms with Gasteiger partial charge in [-0.3, -0.25) is 9.79 Å². The molecule has 0 bridgehead atoms. The number of benzene rings is 2. The molecule has 0 saturated carbocycles. The average molecular weight is 535 g/mol. The second kappa shape index (κ2) is 10.5. The summed E-state index contributed by atoms with van der Waals surface area (Å²) < 4.78 is 41.8. The van der Waals surface area contributed by atoms with Gasteiger partial charge in [-0.2, -0.15) is 0 Å². The molecule has 2 aromatic carbocycles. The van der Waals surface area contributed by atoms with Crippen molar-refractivity contribution in [2.24, 2.45) is 10.4 Å². The van der Waals surface area contributed by atoms with E-state index in [9.17, 15) is 9.90 Å². The molecule has 4 aromatic rings. The number of ether oxygens (including phenoxy) is 2. The van der Waals surface area contributed by atoms with Crippen molar-refractivity contribution in [2.45, 2.75) is 13.3 Å². The van der Waals surface area contributed by atoms with Crippen LogP contribution in [0, 0.1) is 17.0 Å². The van der Waals surface area contributed by atoms with Gasteiger partial charge in [-0.1, -0.05) is 25.1 Å². The minimum Gasteiger partial charge on any atom is -0.480 e. The van der Waals surface area contributed by atoms with Crippen LogP contribution < -0.4 is 4.74 Å². The van der Waals surface area contributed by atoms with E-state index in [0.717, 1.165) is 0 Å². The van der Waals surface area contributed by atoms with Gasteiger partial charge in [0.2, 0.25) is 0 Å². The first-order valence-corrected chi connectivity index (χ1v) is 12.4. The van der Waals surface area contributed by atoms with Gasteiger partial charge in [0.1, 0.15) is 11.4 Å². The number of aromatic nitrogens is 2. The standard InChI is InChI=1S/C29H28F2N4O4/c1-29(15-36)14-34-24(38-16-29)12-17-10-21(30)26(22(31)11-17)39-23-8-9-32-27-25(23)20(13-33-27)18-6-4-5-7-19(18)28(37)35(2)3/h4-11,13,36H,12,14-16H2,1-3H3,(H,32,33). The normalized spacial score (nSPS) is 17.0. The molecule has 1 atom stereocenters. The van der Waals surface area contributed by atoms with E-state index in [2.05, 4.69) is 15.0 Å². The summed E-state index contributed by atoms with van der Waals surface area (Å²) in [5.74, 6) is -1.98. The Kier molecular flexibility index (Phi) is 7.05. The molecule has 202 valence electrons. The molecule has 1 unspecified atom stereocenters. The molecular formula is C29H28F2N4O4. The molecule has 0 spiro atoms. The highest BCUT2D eigenvalue weighted by atomic mass is 19.1. The highest BCUT2D eigenvalue weighted by Crippen LogP contribution is 2.39. The Labute approximate surface area is 223 Å². The largest absolute Gasteiger partial charge is 0.480 e. The molecular weight excluding hydrogens is 506 g/mol. The van der Waals surface area contributed by atoms with Gasteiger partial charge in [0.15, 0.2) is 23.3 Å². The summed E-state index contributed by atoms with van der Waals surface area (Å²) in [6.45, 7) is 2.42. The summed E-state index contributed by atoms with van der Waals surface area (Å²) in [6.07, 6.45) is 3.26. The molecule has 3 heterocycles. The van der Waals surface area contributed by atoms with Crippen LogP contribution in [0.3, 0.4) is 0 Å². The third-order valence-corrected chi connectivity index (χ3v) is 6.62. The number of aromatic amines is 1. The molecule has 5 rings (SSSR count). The lowest BCUT2D eigenvalue weighted by Gasteiger charge is -2.30. The van der Waals surface area contributed by atoms with Gasteiger partial charge in [-0.05, 0) is 35.4 Å². The Balaban J connectivity index is 1.48. The number of rotatable bonds is 7. The number of carbonyl (C=O) groups is 1. The zero-order valence-corrected chi connectivity index (χ0v) is 21.8. The van der Waals surface area contributed by atoms with Gasteiger partial charge in [0.05, 0.1) is 25.1 Å². The topological polar surface area (TPSA) is 100 Å². The molecule has 1 aliphatic heterocycles. The van der Waals surface area contributed by atoms with Crippen molar-refractivity contribution < 1.29 is 28.2 Å². The molecule has 39 heavy (non-hydrogen) atoms. The zero-order chi connectivity index (χ0) is 27.7. The summed E-state index contributed by atoms with van der Waals surface area (Å²) in [6, 6.07) is 11.0. The maximum atomic E-state index is 15.2. The zero-order valence-electron chi connectivity index (χ0n) is 21.8. The Morgan fingerprint density at radius 2 is 1.92 bits per heavy atom. The van der Waals surface area contributed by atoms with Gasteiger partial charge in [0, 0.05) is 49.5 Å². The number of nitrogens with zero attached hydrogens (tertiary/aromatic N) is 3. The van der Waals surface area contributed by atoms with Crippen LogP contribution >= 0.6 is 0 Å². The number of carbonyl (C=O) groups excluding carboxylic acids is 1. The molecule has 10 heteroatoms. The predicted molar refractivity (Wildman–Crippen MR) is 143 cm³/mol. The van der Waals surface area contributed by atoms with Crippen molar-refractivity contribution in [3.63, 3.8) is 0 Å². The maximum Gasteiger partial charge on any atom is 0.253 e. The number of H-pyrrole nitrogens is 1. The number of hydrogen-bond donors (Lipinski definition) is 2. The molecule has 0 saturated heterocycles. The summed E-state index contributed by atoms with van der Waals surface area (Å²) in [7, 11) is 3.33. The number of amides is 1. The van der Waals surface area contributed by atoms with E-state index in [0.29, 0.717) is 45.7 Å². The van der Waals surface area contributed by atoms with Gasteiger partial charge in [-0.25, -0.2) is 13.8 Å². The maximum absolute atomic E-state index is 15.2. The second-order valence-corrected chi connectivity index (χ2v) is 10.1. The summed E-state index contributed by atoms with van der Waals surface area (Å²) >= 11 is 0. The van der Waals surface area contributed by atoms with Gasteiger partial charge in [0.25, 0.3) is 5.91 Å². The van der Waals surface area contributed by atoms with Crippen LogP contribution in [0.25, 0.3) is 22.2 Å². The molecule has 2 aromatic heterocycles. The van der Waals surface area contributed by atoms with Crippen LogP contribution in [-0.2, 0) is 11.2 Å². The van der Waals surface area contributed by atoms with Crippen molar-refractivity contribution in [1.82, 2.24) is 14.9 Å². The number of fused-ring (bicyclic) bond motifs is 1. The fraction of sp³-hybridized carbons (Fsp3) is 0.276. The Morgan fingerprint density at radius 3 is 2.59 bits per heavy atom. The molecule has 2 N–H and O–H groups in total. The minimum atomic E-state index is -0.883. The third kappa shape index (κ3) is 5.20. The number of aliphatic imine (C=N–C) groups is 1. The van der Waals surface area contributed by atoms with Gasteiger partial charge >= 0.3 is 0 Å². The number of pyridine rings is 1. The molecule has 1 aliphatic rings. The van der Waals surface area contributed by atoms with Crippen LogP contribution in [0.2, 0.25) is 0 Å². The monoisotopic (exact) mass is 534 g/mol. The Bertz CT molecular complexity index is 1560. The number of aliphatic hydroxyl groups is 1. The molecule has 0 aliphatic carbocycles. The quantitative estimate of drug-likeness (QED) is 0.349. The summed E-state index contributed by atoms with van der Waals surface area (Å²) in [4.78, 5) is 26.0. The van der Waals surface area contributed by atoms with Gasteiger partial charge < -0.3 is 24.5 Å². The van der Waals surface area contributed by atoms with E-state index in [1.807, 2.05) is 6.92 Å². The molecule has 1 amide bonds. The van der Waals surface area contributed by atoms with E-state index in [-0.39, 0.29) is 31.3 Å². The van der Waals surface area contributed by atoms with Crippen LogP contribution in [0.4, 0.5) is 8.78 Å². The lowest BCUT2D eigenvalue weighted by atomic mass is 9.92. The van der Waals surface area contributed by atoms with Crippen molar-refractivity contribution in [3.8, 4) is 22.6 Å². The first kappa shape index (κ1) is 26.3. The number of hydrogen-bond acceptors (Lipinski definition) is 6. The third-order valence-electron chi connectivity index (χ3n) is 6.62. The van der Waals surface area contributed by atoms with Gasteiger partial charge in [-0.15, -0.1) is 0 Å². The van der Waals surface area contributed by atoms with Crippen molar-refractivity contribution in [1.29, 1.82) is 0 Å². The fourth-order valence-electron chi connectivity index (χ4n) is 4.40. The minimum absolute atomic E-state index is 0.0677.